The fourth-order valence-corrected chi connectivity index (χ4v) is 2.99. The van der Waals surface area contributed by atoms with Gasteiger partial charge in [0.1, 0.15) is 5.82 Å². The van der Waals surface area contributed by atoms with Gasteiger partial charge in [0.2, 0.25) is 5.91 Å². The van der Waals surface area contributed by atoms with Gasteiger partial charge in [0.15, 0.2) is 11.5 Å². The molecular formula is C21H24BrFN2O4. The van der Waals surface area contributed by atoms with Crippen LogP contribution < -0.4 is 20.1 Å². The minimum absolute atomic E-state index is 0.150. The second-order valence-corrected chi connectivity index (χ2v) is 6.91. The van der Waals surface area contributed by atoms with Gasteiger partial charge in [-0.15, -0.1) is 0 Å². The summed E-state index contributed by atoms with van der Waals surface area (Å²) in [5.74, 6) is 0.0253. The van der Waals surface area contributed by atoms with Gasteiger partial charge in [-0.2, -0.15) is 0 Å². The summed E-state index contributed by atoms with van der Waals surface area (Å²) >= 11 is 3.13. The van der Waals surface area contributed by atoms with Crippen molar-refractivity contribution in [1.29, 1.82) is 0 Å². The molecule has 2 N–H and O–H groups in total. The Balaban J connectivity index is 1.82. The maximum Gasteiger partial charge on any atom is 0.251 e. The van der Waals surface area contributed by atoms with Crippen molar-refractivity contribution in [3.05, 3.63) is 57.8 Å². The van der Waals surface area contributed by atoms with E-state index in [1.807, 2.05) is 13.8 Å². The van der Waals surface area contributed by atoms with E-state index in [9.17, 15) is 14.0 Å². The van der Waals surface area contributed by atoms with Gasteiger partial charge in [-0.05, 0) is 72.1 Å². The van der Waals surface area contributed by atoms with Crippen LogP contribution in [0.15, 0.2) is 40.9 Å². The van der Waals surface area contributed by atoms with Crippen molar-refractivity contribution in [3.63, 3.8) is 0 Å². The number of nitrogens with one attached hydrogen (secondary N) is 2. The van der Waals surface area contributed by atoms with Gasteiger partial charge in [0.05, 0.1) is 24.2 Å². The van der Waals surface area contributed by atoms with Crippen LogP contribution >= 0.6 is 15.9 Å². The van der Waals surface area contributed by atoms with E-state index >= 15 is 0 Å². The number of rotatable bonds is 10. The molecule has 0 aliphatic rings. The van der Waals surface area contributed by atoms with Crippen LogP contribution in [0.2, 0.25) is 0 Å². The van der Waals surface area contributed by atoms with Crippen LogP contribution in [0.1, 0.15) is 29.8 Å². The maximum atomic E-state index is 13.2. The van der Waals surface area contributed by atoms with Crippen LogP contribution in [0.3, 0.4) is 0 Å². The van der Waals surface area contributed by atoms with Crippen LogP contribution in [-0.2, 0) is 11.2 Å². The summed E-state index contributed by atoms with van der Waals surface area (Å²) < 4.78 is 24.6. The number of hydrogen-bond acceptors (Lipinski definition) is 4. The van der Waals surface area contributed by atoms with Gasteiger partial charge in [-0.1, -0.05) is 6.07 Å². The highest BCUT2D eigenvalue weighted by Crippen LogP contribution is 2.28. The topological polar surface area (TPSA) is 76.7 Å². The van der Waals surface area contributed by atoms with E-state index in [4.69, 9.17) is 9.47 Å². The summed E-state index contributed by atoms with van der Waals surface area (Å²) in [5.41, 5.74) is 1.27. The number of halogens is 2. The zero-order chi connectivity index (χ0) is 21.2. The molecule has 2 rings (SSSR count). The van der Waals surface area contributed by atoms with Gasteiger partial charge in [0.25, 0.3) is 5.91 Å². The van der Waals surface area contributed by atoms with E-state index in [0.717, 1.165) is 5.56 Å². The number of hydrogen-bond donors (Lipinski definition) is 2. The molecule has 0 aliphatic carbocycles. The molecule has 0 bridgehead atoms. The molecule has 0 fully saturated rings. The highest BCUT2D eigenvalue weighted by atomic mass is 79.9. The van der Waals surface area contributed by atoms with Crippen molar-refractivity contribution in [2.24, 2.45) is 0 Å². The lowest BCUT2D eigenvalue weighted by Crippen LogP contribution is -2.37. The van der Waals surface area contributed by atoms with Crippen LogP contribution in [0.25, 0.3) is 0 Å². The van der Waals surface area contributed by atoms with E-state index < -0.39 is 0 Å². The highest BCUT2D eigenvalue weighted by Gasteiger charge is 2.12. The first-order valence-electron chi connectivity index (χ1n) is 9.33. The van der Waals surface area contributed by atoms with Gasteiger partial charge >= 0.3 is 0 Å². The molecule has 29 heavy (non-hydrogen) atoms. The molecule has 156 valence electrons. The molecule has 0 spiro atoms. The Hall–Kier alpha value is -2.61. The van der Waals surface area contributed by atoms with E-state index in [2.05, 4.69) is 26.6 Å². The molecule has 0 aromatic heterocycles. The zero-order valence-electron chi connectivity index (χ0n) is 16.4. The molecular weight excluding hydrogens is 443 g/mol. The minimum atomic E-state index is -0.383. The quantitative estimate of drug-likeness (QED) is 0.561. The fourth-order valence-electron chi connectivity index (χ4n) is 2.56. The lowest BCUT2D eigenvalue weighted by molar-refractivity contribution is -0.120. The highest BCUT2D eigenvalue weighted by molar-refractivity contribution is 9.10. The fraction of sp³-hybridized carbons (Fsp3) is 0.333. The summed E-state index contributed by atoms with van der Waals surface area (Å²) in [6, 6.07) is 9.58. The Morgan fingerprint density at radius 3 is 2.41 bits per heavy atom. The number of carbonyl (C=O) groups is 2. The van der Waals surface area contributed by atoms with Crippen LogP contribution in [0, 0.1) is 5.82 Å². The average molecular weight is 467 g/mol. The van der Waals surface area contributed by atoms with E-state index in [-0.39, 0.29) is 24.2 Å². The van der Waals surface area contributed by atoms with Crippen molar-refractivity contribution < 1.29 is 23.5 Å². The molecule has 8 heteroatoms. The molecule has 0 heterocycles. The third-order valence-electron chi connectivity index (χ3n) is 3.93. The monoisotopic (exact) mass is 466 g/mol. The number of carbonyl (C=O) groups excluding carboxylic acids is 2. The second kappa shape index (κ2) is 11.4. The molecule has 0 saturated heterocycles. The van der Waals surface area contributed by atoms with E-state index in [1.54, 1.807) is 30.3 Å². The van der Waals surface area contributed by atoms with Crippen molar-refractivity contribution in [1.82, 2.24) is 10.6 Å². The predicted octanol–water partition coefficient (Wildman–Crippen LogP) is 3.47. The van der Waals surface area contributed by atoms with Crippen molar-refractivity contribution in [3.8, 4) is 11.5 Å². The molecule has 0 radical (unpaired) electrons. The first kappa shape index (κ1) is 22.7. The SMILES string of the molecule is CCOc1ccc(C(=O)NCC(=O)NCCc2ccc(F)c(Br)c2)cc1OCC. The molecule has 0 aliphatic heterocycles. The van der Waals surface area contributed by atoms with Crippen molar-refractivity contribution in [2.45, 2.75) is 20.3 Å². The number of benzene rings is 2. The molecule has 0 saturated carbocycles. The smallest absolute Gasteiger partial charge is 0.251 e. The van der Waals surface area contributed by atoms with Crippen molar-refractivity contribution in [2.75, 3.05) is 26.3 Å². The number of amides is 2. The molecule has 2 amide bonds. The summed E-state index contributed by atoms with van der Waals surface area (Å²) in [6.45, 7) is 4.87. The van der Waals surface area contributed by atoms with Gasteiger partial charge in [-0.25, -0.2) is 4.39 Å². The van der Waals surface area contributed by atoms with Crippen LogP contribution in [0.5, 0.6) is 11.5 Å². The Morgan fingerprint density at radius 1 is 1.00 bits per heavy atom. The summed E-state index contributed by atoms with van der Waals surface area (Å²) in [4.78, 5) is 24.3. The first-order chi connectivity index (χ1) is 13.9. The number of ether oxygens (including phenoxy) is 2. The third kappa shape index (κ3) is 7.05. The van der Waals surface area contributed by atoms with E-state index in [0.29, 0.717) is 47.7 Å². The summed E-state index contributed by atoms with van der Waals surface area (Å²) in [7, 11) is 0. The molecule has 2 aromatic rings. The van der Waals surface area contributed by atoms with Crippen molar-refractivity contribution >= 4 is 27.7 Å². The Kier molecular flexibility index (Phi) is 8.92. The Morgan fingerprint density at radius 2 is 1.72 bits per heavy atom. The molecule has 0 atom stereocenters. The summed E-state index contributed by atoms with van der Waals surface area (Å²) in [6.07, 6.45) is 0.551. The lowest BCUT2D eigenvalue weighted by Gasteiger charge is -2.12. The molecule has 2 aromatic carbocycles. The third-order valence-corrected chi connectivity index (χ3v) is 4.54. The van der Waals surface area contributed by atoms with Gasteiger partial charge in [-0.3, -0.25) is 9.59 Å². The molecule has 6 nitrogen and oxygen atoms in total. The zero-order valence-corrected chi connectivity index (χ0v) is 18.0. The largest absolute Gasteiger partial charge is 0.490 e. The van der Waals surface area contributed by atoms with Gasteiger partial charge < -0.3 is 20.1 Å². The van der Waals surface area contributed by atoms with Crippen LogP contribution in [0.4, 0.5) is 4.39 Å². The summed E-state index contributed by atoms with van der Waals surface area (Å²) in [5, 5.41) is 5.30. The Bertz CT molecular complexity index is 861. The maximum absolute atomic E-state index is 13.2. The molecule has 0 unspecified atom stereocenters. The normalized spacial score (nSPS) is 10.3. The lowest BCUT2D eigenvalue weighted by atomic mass is 10.1. The second-order valence-electron chi connectivity index (χ2n) is 6.06. The first-order valence-corrected chi connectivity index (χ1v) is 10.1. The average Bonchev–Trinajstić information content (AvgIpc) is 2.70. The Labute approximate surface area is 177 Å². The standard InChI is InChI=1S/C21H24BrFN2O4/c1-3-28-18-8-6-15(12-19(18)29-4-2)21(27)25-13-20(26)24-10-9-14-5-7-17(23)16(22)11-14/h5-8,11-12H,3-4,9-10,13H2,1-2H3,(H,24,26)(H,25,27). The van der Waals surface area contributed by atoms with E-state index in [1.165, 1.54) is 6.07 Å². The predicted molar refractivity (Wildman–Crippen MR) is 112 cm³/mol. The van der Waals surface area contributed by atoms with Crippen LogP contribution in [-0.4, -0.2) is 38.1 Å². The van der Waals surface area contributed by atoms with Gasteiger partial charge in [0, 0.05) is 12.1 Å². The minimum Gasteiger partial charge on any atom is -0.490 e.